The van der Waals surface area contributed by atoms with Crippen LogP contribution < -0.4 is 0 Å². The van der Waals surface area contributed by atoms with Crippen LogP contribution in [0.1, 0.15) is 19.8 Å². The van der Waals surface area contributed by atoms with E-state index in [9.17, 15) is 0 Å². The van der Waals surface area contributed by atoms with Crippen molar-refractivity contribution >= 4 is 51.4 Å². The third-order valence-corrected chi connectivity index (χ3v) is 0.606. The van der Waals surface area contributed by atoms with E-state index in [1.54, 1.807) is 0 Å². The van der Waals surface area contributed by atoms with E-state index in [2.05, 4.69) is 11.8 Å². The Hall–Kier alpha value is 1.12. The van der Waals surface area contributed by atoms with Gasteiger partial charge < -0.3 is 10.2 Å². The summed E-state index contributed by atoms with van der Waals surface area (Å²) in [7, 11) is 0. The average Bonchev–Trinajstić information content (AvgIpc) is 1.66. The van der Waals surface area contributed by atoms with Gasteiger partial charge in [-0.15, -0.1) is 0 Å². The summed E-state index contributed by atoms with van der Waals surface area (Å²) in [5, 5.41) is 16.3. The van der Waals surface area contributed by atoms with Crippen LogP contribution in [0, 0.1) is 11.8 Å². The minimum Gasteiger partial charge on any atom is -0.358 e. The van der Waals surface area contributed by atoms with Crippen molar-refractivity contribution in [2.24, 2.45) is 0 Å². The molecule has 0 fully saturated rings. The molecule has 1 radical (unpaired) electrons. The normalized spacial score (nSPS) is 7.56. The molecular formula is C6H10KO2. The van der Waals surface area contributed by atoms with E-state index >= 15 is 0 Å². The first kappa shape index (κ1) is 12.8. The molecule has 0 amide bonds. The fourth-order valence-electron chi connectivity index (χ4n) is 0.288. The second-order valence-corrected chi connectivity index (χ2v) is 1.44. The third-order valence-electron chi connectivity index (χ3n) is 0.606. The Kier molecular flexibility index (Phi) is 12.9. The van der Waals surface area contributed by atoms with Gasteiger partial charge in [-0.25, -0.2) is 0 Å². The number of hydrogen-bond acceptors (Lipinski definition) is 2. The molecule has 3 heteroatoms. The maximum atomic E-state index is 8.16. The topological polar surface area (TPSA) is 40.5 Å². The van der Waals surface area contributed by atoms with Crippen molar-refractivity contribution in [1.82, 2.24) is 0 Å². The molecular weight excluding hydrogens is 143 g/mol. The molecule has 2 N–H and O–H groups in total. The minimum atomic E-state index is -1.46. The Balaban J connectivity index is 0. The molecule has 0 aliphatic carbocycles. The van der Waals surface area contributed by atoms with Crippen LogP contribution in [-0.2, 0) is 0 Å². The quantitative estimate of drug-likeness (QED) is 0.309. The van der Waals surface area contributed by atoms with Crippen LogP contribution in [0.25, 0.3) is 0 Å². The summed E-state index contributed by atoms with van der Waals surface area (Å²) in [4.78, 5) is 0. The van der Waals surface area contributed by atoms with Crippen LogP contribution in [0.5, 0.6) is 0 Å². The van der Waals surface area contributed by atoms with Gasteiger partial charge in [0.25, 0.3) is 0 Å². The van der Waals surface area contributed by atoms with Gasteiger partial charge in [-0.1, -0.05) is 12.8 Å². The molecule has 0 spiro atoms. The van der Waals surface area contributed by atoms with Crippen LogP contribution in [0.2, 0.25) is 0 Å². The molecule has 0 heterocycles. The Morgan fingerprint density at radius 1 is 1.44 bits per heavy atom. The second-order valence-electron chi connectivity index (χ2n) is 1.44. The van der Waals surface area contributed by atoms with Crippen LogP contribution in [0.15, 0.2) is 0 Å². The van der Waals surface area contributed by atoms with Crippen molar-refractivity contribution in [2.75, 3.05) is 0 Å². The third kappa shape index (κ3) is 12.3. The predicted molar refractivity (Wildman–Crippen MR) is 36.7 cm³/mol. The summed E-state index contributed by atoms with van der Waals surface area (Å²) in [6, 6.07) is 0. The van der Waals surface area contributed by atoms with Crippen LogP contribution >= 0.6 is 0 Å². The summed E-state index contributed by atoms with van der Waals surface area (Å²) >= 11 is 0. The molecule has 47 valence electrons. The Morgan fingerprint density at radius 3 is 2.33 bits per heavy atom. The van der Waals surface area contributed by atoms with Crippen molar-refractivity contribution in [2.45, 2.75) is 26.1 Å². The molecule has 0 aromatic heterocycles. The smallest absolute Gasteiger partial charge is 0.217 e. The fraction of sp³-hybridized carbons (Fsp3) is 0.667. The average molecular weight is 153 g/mol. The first-order valence-corrected chi connectivity index (χ1v) is 2.62. The summed E-state index contributed by atoms with van der Waals surface area (Å²) in [5.74, 6) is 4.79. The molecule has 0 aromatic rings. The summed E-state index contributed by atoms with van der Waals surface area (Å²) < 4.78 is 0. The van der Waals surface area contributed by atoms with Gasteiger partial charge in [0.1, 0.15) is 0 Å². The molecule has 0 aromatic carbocycles. The standard InChI is InChI=1S/C6H10O2.K/c1-2-3-4-5-6(7)8;/h6-8H,2-3H2,1H3;. The van der Waals surface area contributed by atoms with E-state index < -0.39 is 6.29 Å². The number of hydrogen-bond donors (Lipinski definition) is 2. The molecule has 0 saturated carbocycles. The maximum absolute atomic E-state index is 8.16. The van der Waals surface area contributed by atoms with Gasteiger partial charge in [0.2, 0.25) is 6.29 Å². The summed E-state index contributed by atoms with van der Waals surface area (Å²) in [6.45, 7) is 1.98. The van der Waals surface area contributed by atoms with Crippen molar-refractivity contribution < 1.29 is 10.2 Å². The number of aliphatic hydroxyl groups is 2. The SMILES string of the molecule is CCCC#CC(O)O.[K]. The summed E-state index contributed by atoms with van der Waals surface area (Å²) in [6.07, 6.45) is 0.235. The van der Waals surface area contributed by atoms with Crippen molar-refractivity contribution in [1.29, 1.82) is 0 Å². The number of aliphatic hydroxyl groups excluding tert-OH is 1. The zero-order valence-electron chi connectivity index (χ0n) is 5.89. The molecule has 0 aliphatic heterocycles. The van der Waals surface area contributed by atoms with Crippen molar-refractivity contribution in [3.63, 3.8) is 0 Å². The van der Waals surface area contributed by atoms with Crippen LogP contribution in [0.4, 0.5) is 0 Å². The van der Waals surface area contributed by atoms with Crippen molar-refractivity contribution in [3.05, 3.63) is 0 Å². The van der Waals surface area contributed by atoms with E-state index in [1.807, 2.05) is 6.92 Å². The van der Waals surface area contributed by atoms with Crippen molar-refractivity contribution in [3.8, 4) is 11.8 Å². The first-order chi connectivity index (χ1) is 3.77. The van der Waals surface area contributed by atoms with Gasteiger partial charge in [-0.3, -0.25) is 0 Å². The molecule has 9 heavy (non-hydrogen) atoms. The van der Waals surface area contributed by atoms with E-state index in [1.165, 1.54) is 0 Å². The van der Waals surface area contributed by atoms with Gasteiger partial charge in [-0.05, 0) is 12.3 Å². The van der Waals surface area contributed by atoms with Gasteiger partial charge in [0.15, 0.2) is 0 Å². The monoisotopic (exact) mass is 153 g/mol. The first-order valence-electron chi connectivity index (χ1n) is 2.62. The fourth-order valence-corrected chi connectivity index (χ4v) is 0.288. The zero-order chi connectivity index (χ0) is 6.41. The molecule has 2 nitrogen and oxygen atoms in total. The maximum Gasteiger partial charge on any atom is 0.217 e. The van der Waals surface area contributed by atoms with E-state index in [0.29, 0.717) is 0 Å². The zero-order valence-corrected chi connectivity index (χ0v) is 9.01. The molecule has 0 aliphatic rings. The largest absolute Gasteiger partial charge is 0.358 e. The number of unbranched alkanes of at least 4 members (excludes halogenated alkanes) is 1. The Bertz CT molecular complexity index is 101. The van der Waals surface area contributed by atoms with E-state index in [4.69, 9.17) is 10.2 Å². The molecule has 0 unspecified atom stereocenters. The second kappa shape index (κ2) is 9.12. The van der Waals surface area contributed by atoms with Crippen LogP contribution in [0.3, 0.4) is 0 Å². The van der Waals surface area contributed by atoms with Gasteiger partial charge in [0, 0.05) is 57.8 Å². The molecule has 0 saturated heterocycles. The van der Waals surface area contributed by atoms with Gasteiger partial charge in [0.05, 0.1) is 0 Å². The summed E-state index contributed by atoms with van der Waals surface area (Å²) in [5.41, 5.74) is 0. The van der Waals surface area contributed by atoms with Gasteiger partial charge in [-0.2, -0.15) is 0 Å². The molecule has 0 bridgehead atoms. The Morgan fingerprint density at radius 2 is 2.00 bits per heavy atom. The van der Waals surface area contributed by atoms with Crippen LogP contribution in [-0.4, -0.2) is 67.9 Å². The van der Waals surface area contributed by atoms with E-state index in [0.717, 1.165) is 12.8 Å². The molecule has 0 atom stereocenters. The molecule has 0 rings (SSSR count). The van der Waals surface area contributed by atoms with E-state index in [-0.39, 0.29) is 51.4 Å². The van der Waals surface area contributed by atoms with Gasteiger partial charge >= 0.3 is 0 Å². The number of rotatable bonds is 1. The minimum absolute atomic E-state index is 0. The predicted octanol–water partition coefficient (Wildman–Crippen LogP) is -0.280. The Labute approximate surface area is 98.1 Å².